The van der Waals surface area contributed by atoms with Crippen molar-refractivity contribution in [2.45, 2.75) is 0 Å². The van der Waals surface area contributed by atoms with Crippen molar-refractivity contribution in [2.24, 2.45) is 0 Å². The van der Waals surface area contributed by atoms with E-state index in [1.54, 1.807) is 0 Å². The van der Waals surface area contributed by atoms with Gasteiger partial charge in [-0.05, 0) is 0 Å². The molecule has 0 aromatic heterocycles. The topological polar surface area (TPSA) is 0 Å². The fourth-order valence-corrected chi connectivity index (χ4v) is 0. The molecule has 0 spiro atoms. The van der Waals surface area contributed by atoms with Crippen LogP contribution in [-0.4, -0.2) is 0.690 Å². The molecule has 0 heterocycles. The van der Waals surface area contributed by atoms with Crippen molar-refractivity contribution in [2.75, 3.05) is 0 Å². The zero-order valence-corrected chi connectivity index (χ0v) is 7.92. The van der Waals surface area contributed by atoms with Crippen LogP contribution in [0.2, 0.25) is 0 Å². The minimum absolute atomic E-state index is 1.12. The molecule has 0 saturated carbocycles. The molecule has 0 aliphatic carbocycles. The maximum Gasteiger partial charge on any atom is 0.279 e. The van der Waals surface area contributed by atoms with E-state index < -0.39 is 0.690 Å². The highest BCUT2D eigenvalue weighted by atomic mass is 127. The smallest absolute Gasteiger partial charge is 0.279 e. The predicted molar refractivity (Wildman–Crippen MR) is 45.5 cm³/mol. The Balaban J connectivity index is 3.02. The van der Waals surface area contributed by atoms with Crippen LogP contribution >= 0.6 is 67.7 Å². The normalized spacial score (nSPS) is 12.0. The van der Waals surface area contributed by atoms with Crippen LogP contribution in [0.5, 0.6) is 0 Å². The molecule has 0 nitrogen and oxygen atoms in total. The Hall–Kier alpha value is 2.10. The van der Waals surface area contributed by atoms with Crippen molar-refractivity contribution in [3.63, 3.8) is 0 Å². The Morgan fingerprint density at radius 1 is 1.20 bits per heavy atom. The summed E-state index contributed by atoms with van der Waals surface area (Å²) in [6.07, 6.45) is 0. The lowest BCUT2D eigenvalue weighted by molar-refractivity contribution is 4.28. The van der Waals surface area contributed by atoms with Gasteiger partial charge in [0.25, 0.3) is 0.690 Å². The molecule has 32 valence electrons. The maximum atomic E-state index is 5.33. The van der Waals surface area contributed by atoms with Gasteiger partial charge in [-0.2, -0.15) is 0 Å². The molecular formula is BCl2I2-. The third-order valence-corrected chi connectivity index (χ3v) is 0. The van der Waals surface area contributed by atoms with Gasteiger partial charge in [0, 0.05) is 0 Å². The van der Waals surface area contributed by atoms with Gasteiger partial charge in [0.05, 0.1) is 0 Å². The fourth-order valence-electron chi connectivity index (χ4n) is 0. The van der Waals surface area contributed by atoms with Crippen molar-refractivity contribution in [1.29, 1.82) is 0 Å². The second-order valence-electron chi connectivity index (χ2n) is 0.495. The molecule has 0 amide bonds. The number of hydrogen-bond donors (Lipinski definition) is 0. The van der Waals surface area contributed by atoms with Crippen molar-refractivity contribution >= 4 is 68.4 Å². The Morgan fingerprint density at radius 3 is 1.20 bits per heavy atom. The summed E-state index contributed by atoms with van der Waals surface area (Å²) in [5.74, 6) is 0. The third kappa shape index (κ3) is 23.2. The van der Waals surface area contributed by atoms with Gasteiger partial charge < -0.3 is 22.9 Å². The van der Waals surface area contributed by atoms with E-state index in [0.29, 0.717) is 0 Å². The second kappa shape index (κ2) is 2.42. The molecule has 0 radical (unpaired) electrons. The predicted octanol–water partition coefficient (Wildman–Crippen LogP) is 2.77. The van der Waals surface area contributed by atoms with E-state index in [9.17, 15) is 0 Å². The van der Waals surface area contributed by atoms with Gasteiger partial charge in [-0.25, -0.2) is 0 Å². The van der Waals surface area contributed by atoms with Crippen LogP contribution in [0.4, 0.5) is 0 Å². The van der Waals surface area contributed by atoms with E-state index in [-0.39, 0.29) is 0 Å². The first-order chi connectivity index (χ1) is 2.00. The van der Waals surface area contributed by atoms with E-state index >= 15 is 0 Å². The third-order valence-electron chi connectivity index (χ3n) is 0. The van der Waals surface area contributed by atoms with Crippen molar-refractivity contribution in [3.05, 3.63) is 0 Å². The van der Waals surface area contributed by atoms with Gasteiger partial charge in [-0.1, -0.05) is 0 Å². The lowest BCUT2D eigenvalue weighted by atomic mass is 10.7. The molecule has 0 rings (SSSR count). The van der Waals surface area contributed by atoms with Gasteiger partial charge in [-0.3, -0.25) is 44.7 Å². The van der Waals surface area contributed by atoms with Gasteiger partial charge in [0.15, 0.2) is 0 Å². The summed E-state index contributed by atoms with van der Waals surface area (Å²) in [4.78, 5) is 0. The largest absolute Gasteiger partial charge is 0.343 e. The SMILES string of the molecule is Cl[B-](Cl)(I)I. The van der Waals surface area contributed by atoms with Crippen molar-refractivity contribution in [3.8, 4) is 0 Å². The lowest BCUT2D eigenvalue weighted by Gasteiger charge is -2.04. The van der Waals surface area contributed by atoms with E-state index in [1.807, 2.05) is 44.7 Å². The zero-order valence-electron chi connectivity index (χ0n) is 2.09. The molecule has 0 aromatic carbocycles. The molecule has 5 heavy (non-hydrogen) atoms. The Labute approximate surface area is 67.5 Å². The van der Waals surface area contributed by atoms with Gasteiger partial charge in [0.1, 0.15) is 0 Å². The van der Waals surface area contributed by atoms with E-state index in [2.05, 4.69) is 0 Å². The minimum Gasteiger partial charge on any atom is -0.343 e. The van der Waals surface area contributed by atoms with Crippen LogP contribution < -0.4 is 0 Å². The molecule has 0 saturated heterocycles. The molecule has 0 N–H and O–H groups in total. The summed E-state index contributed by atoms with van der Waals surface area (Å²) < 4.78 is -1.12. The quantitative estimate of drug-likeness (QED) is 0.472. The van der Waals surface area contributed by atoms with Gasteiger partial charge in [0.2, 0.25) is 0 Å². The first-order valence-electron chi connectivity index (χ1n) is 0.873. The Kier molecular flexibility index (Phi) is 3.44. The monoisotopic (exact) mass is 335 g/mol. The summed E-state index contributed by atoms with van der Waals surface area (Å²) in [6, 6.07) is 0. The molecular weight excluding hydrogens is 336 g/mol. The molecule has 0 fully saturated rings. The molecule has 0 aromatic rings. The summed E-state index contributed by atoms with van der Waals surface area (Å²) in [5.41, 5.74) is 0. The molecule has 0 aliphatic rings. The van der Waals surface area contributed by atoms with Crippen LogP contribution in [0.1, 0.15) is 0 Å². The molecule has 0 aliphatic heterocycles. The second-order valence-corrected chi connectivity index (χ2v) is 11.1. The number of hydrogen-bond acceptors (Lipinski definition) is 0. The summed E-state index contributed by atoms with van der Waals surface area (Å²) in [5, 5.41) is 0. The average molecular weight is 336 g/mol. The van der Waals surface area contributed by atoms with E-state index in [4.69, 9.17) is 22.9 Å². The van der Waals surface area contributed by atoms with Crippen LogP contribution in [-0.2, 0) is 0 Å². The van der Waals surface area contributed by atoms with E-state index in [1.165, 1.54) is 0 Å². The van der Waals surface area contributed by atoms with E-state index in [0.717, 1.165) is 0 Å². The molecule has 0 bridgehead atoms. The molecule has 0 atom stereocenters. The highest BCUT2D eigenvalue weighted by Gasteiger charge is 2.00. The number of rotatable bonds is 0. The molecule has 0 unspecified atom stereocenters. The fraction of sp³-hybridized carbons (Fsp3) is 0. The Bertz CT molecular complexity index is 23.1. The average Bonchev–Trinajstić information content (AvgIpc) is 0.722. The van der Waals surface area contributed by atoms with Crippen molar-refractivity contribution < 1.29 is 0 Å². The number of halogens is 4. The maximum absolute atomic E-state index is 5.33. The standard InChI is InChI=1S/BCl2I2/c2-1(3,4)5/q-1. The van der Waals surface area contributed by atoms with Crippen LogP contribution in [0, 0.1) is 0 Å². The van der Waals surface area contributed by atoms with Crippen LogP contribution in [0.15, 0.2) is 0 Å². The first kappa shape index (κ1) is 7.10. The molecule has 5 heteroatoms. The summed E-state index contributed by atoms with van der Waals surface area (Å²) in [6.45, 7) is 0. The van der Waals surface area contributed by atoms with Gasteiger partial charge >= 0.3 is 0 Å². The Morgan fingerprint density at radius 2 is 1.20 bits per heavy atom. The van der Waals surface area contributed by atoms with Crippen molar-refractivity contribution in [1.82, 2.24) is 0 Å². The zero-order chi connectivity index (χ0) is 4.50. The minimum atomic E-state index is -1.12. The van der Waals surface area contributed by atoms with Crippen LogP contribution in [0.25, 0.3) is 0 Å². The van der Waals surface area contributed by atoms with Crippen LogP contribution in [0.3, 0.4) is 0 Å². The summed E-state index contributed by atoms with van der Waals surface area (Å²) in [7, 11) is 0. The summed E-state index contributed by atoms with van der Waals surface area (Å²) >= 11 is 14.6. The first-order valence-corrected chi connectivity index (χ1v) is 4.24. The lowest BCUT2D eigenvalue weighted by Crippen LogP contribution is -1.88. The van der Waals surface area contributed by atoms with Gasteiger partial charge in [-0.15, -0.1) is 0 Å². The highest BCUT2D eigenvalue weighted by molar-refractivity contribution is 14.3. The highest BCUT2D eigenvalue weighted by Crippen LogP contribution is 2.29.